The van der Waals surface area contributed by atoms with Crippen molar-refractivity contribution >= 4 is 104 Å². The monoisotopic (exact) mass is 776 g/mol. The van der Waals surface area contributed by atoms with Crippen LogP contribution >= 0.6 is 0 Å². The van der Waals surface area contributed by atoms with Crippen molar-refractivity contribution in [3.05, 3.63) is 218 Å². The number of benzene rings is 11. The number of anilines is 3. The molecular weight excluding hydrogens is 741 g/mol. The fourth-order valence-electron chi connectivity index (χ4n) is 10.0. The Kier molecular flexibility index (Phi) is 7.31. The van der Waals surface area contributed by atoms with Crippen molar-refractivity contribution in [1.29, 1.82) is 0 Å². The van der Waals surface area contributed by atoms with Crippen molar-refractivity contribution in [3.63, 3.8) is 0 Å². The molecule has 0 N–H and O–H groups in total. The average Bonchev–Trinajstić information content (AvgIpc) is 3.88. The van der Waals surface area contributed by atoms with Gasteiger partial charge in [0.15, 0.2) is 0 Å². The van der Waals surface area contributed by atoms with E-state index >= 15 is 0 Å². The largest absolute Gasteiger partial charge is 0.456 e. The van der Waals surface area contributed by atoms with Crippen LogP contribution in [0, 0.1) is 0 Å². The molecule has 0 aliphatic rings. The molecule has 61 heavy (non-hydrogen) atoms. The van der Waals surface area contributed by atoms with Gasteiger partial charge in [-0.05, 0) is 109 Å². The molecule has 0 unspecified atom stereocenters. The van der Waals surface area contributed by atoms with E-state index in [0.717, 1.165) is 50.2 Å². The quantitative estimate of drug-likeness (QED) is 0.162. The summed E-state index contributed by atoms with van der Waals surface area (Å²) >= 11 is 0. The Labute approximate surface area is 351 Å². The first-order valence-corrected chi connectivity index (χ1v) is 20.9. The molecule has 0 saturated heterocycles. The van der Waals surface area contributed by atoms with Gasteiger partial charge in [-0.3, -0.25) is 0 Å². The molecule has 2 heterocycles. The smallest absolute Gasteiger partial charge is 0.137 e. The van der Waals surface area contributed by atoms with Crippen LogP contribution in [0.15, 0.2) is 223 Å². The molecule has 284 valence electrons. The lowest BCUT2D eigenvalue weighted by Crippen LogP contribution is -2.10. The fraction of sp³-hybridized carbons (Fsp3) is 0. The maximum Gasteiger partial charge on any atom is 0.137 e. The van der Waals surface area contributed by atoms with Gasteiger partial charge in [-0.1, -0.05) is 152 Å². The van der Waals surface area contributed by atoms with Crippen LogP contribution in [0.25, 0.3) is 104 Å². The number of hydrogen-bond acceptors (Lipinski definition) is 2. The Hall–Kier alpha value is -8.14. The van der Waals surface area contributed by atoms with Crippen LogP contribution in [0.2, 0.25) is 0 Å². The van der Waals surface area contributed by atoms with Crippen molar-refractivity contribution in [2.75, 3.05) is 4.90 Å². The van der Waals surface area contributed by atoms with Crippen LogP contribution < -0.4 is 4.90 Å². The second-order valence-corrected chi connectivity index (χ2v) is 16.0. The Morgan fingerprint density at radius 3 is 1.62 bits per heavy atom. The van der Waals surface area contributed by atoms with Crippen molar-refractivity contribution in [3.8, 4) is 16.8 Å². The third kappa shape index (κ3) is 5.11. The molecule has 0 amide bonds. The maximum absolute atomic E-state index is 6.50. The average molecular weight is 777 g/mol. The molecule has 0 aliphatic heterocycles. The molecule has 0 fully saturated rings. The minimum atomic E-state index is 0.865. The van der Waals surface area contributed by atoms with Crippen molar-refractivity contribution in [1.82, 2.24) is 4.57 Å². The Balaban J connectivity index is 1.12. The number of fused-ring (bicyclic) bond motifs is 14. The van der Waals surface area contributed by atoms with Crippen LogP contribution in [0.5, 0.6) is 0 Å². The lowest BCUT2D eigenvalue weighted by atomic mass is 9.92. The van der Waals surface area contributed by atoms with E-state index in [1.54, 1.807) is 0 Å². The maximum atomic E-state index is 6.50. The Bertz CT molecular complexity index is 3840. The summed E-state index contributed by atoms with van der Waals surface area (Å²) in [6.45, 7) is 0. The zero-order valence-electron chi connectivity index (χ0n) is 33.1. The number of nitrogens with zero attached hydrogens (tertiary/aromatic N) is 2. The van der Waals surface area contributed by atoms with E-state index in [2.05, 4.69) is 216 Å². The number of hydrogen-bond donors (Lipinski definition) is 0. The topological polar surface area (TPSA) is 21.3 Å². The summed E-state index contributed by atoms with van der Waals surface area (Å²) in [6, 6.07) is 79.4. The lowest BCUT2D eigenvalue weighted by Gasteiger charge is -2.27. The highest BCUT2D eigenvalue weighted by Crippen LogP contribution is 2.48. The molecule has 0 bridgehead atoms. The zero-order valence-corrected chi connectivity index (χ0v) is 33.1. The fourth-order valence-corrected chi connectivity index (χ4v) is 10.0. The standard InChI is InChI=1S/C58H36N2O/c1-3-16-40(17-4-1)59(42-29-32-50-49-25-13-14-26-55(49)61-56(50)36-42)54-35-39-15-7-8-20-43(39)58-57(54)51-31-28-38(34-53(51)60(58)41-18-5-2-6-19-41)37-27-30-48-46-23-10-9-21-44(46)45-22-11-12-24-47(45)52(48)33-37/h1-36H. The Morgan fingerprint density at radius 2 is 0.885 bits per heavy atom. The van der Waals surface area contributed by atoms with Gasteiger partial charge >= 0.3 is 0 Å². The molecule has 11 aromatic carbocycles. The first-order valence-electron chi connectivity index (χ1n) is 20.9. The second kappa shape index (κ2) is 13.2. The van der Waals surface area contributed by atoms with Crippen molar-refractivity contribution < 1.29 is 4.42 Å². The Morgan fingerprint density at radius 1 is 0.344 bits per heavy atom. The van der Waals surface area contributed by atoms with Gasteiger partial charge in [0.1, 0.15) is 11.2 Å². The molecule has 3 heteroatoms. The van der Waals surface area contributed by atoms with Gasteiger partial charge in [0, 0.05) is 50.1 Å². The molecule has 0 saturated carbocycles. The molecule has 2 aromatic heterocycles. The zero-order chi connectivity index (χ0) is 40.0. The minimum Gasteiger partial charge on any atom is -0.456 e. The van der Waals surface area contributed by atoms with Crippen LogP contribution in [0.4, 0.5) is 17.1 Å². The van der Waals surface area contributed by atoms with Gasteiger partial charge in [0.25, 0.3) is 0 Å². The van der Waals surface area contributed by atoms with E-state index < -0.39 is 0 Å². The third-order valence-corrected chi connectivity index (χ3v) is 12.7. The summed E-state index contributed by atoms with van der Waals surface area (Å²) in [5.41, 5.74) is 10.8. The summed E-state index contributed by atoms with van der Waals surface area (Å²) < 4.78 is 8.98. The van der Waals surface area contributed by atoms with Gasteiger partial charge < -0.3 is 13.9 Å². The molecular formula is C58H36N2O. The highest BCUT2D eigenvalue weighted by Gasteiger charge is 2.25. The summed E-state index contributed by atoms with van der Waals surface area (Å²) in [6.07, 6.45) is 0. The molecule has 0 atom stereocenters. The highest BCUT2D eigenvalue weighted by atomic mass is 16.3. The normalized spacial score (nSPS) is 11.9. The first-order chi connectivity index (χ1) is 30.3. The number of para-hydroxylation sites is 3. The van der Waals surface area contributed by atoms with E-state index in [1.807, 2.05) is 12.1 Å². The van der Waals surface area contributed by atoms with Gasteiger partial charge in [0.2, 0.25) is 0 Å². The van der Waals surface area contributed by atoms with Gasteiger partial charge in [-0.25, -0.2) is 0 Å². The van der Waals surface area contributed by atoms with E-state index in [0.29, 0.717) is 0 Å². The van der Waals surface area contributed by atoms with Crippen LogP contribution in [0.1, 0.15) is 0 Å². The first kappa shape index (κ1) is 33.8. The summed E-state index contributed by atoms with van der Waals surface area (Å²) in [5, 5.41) is 14.6. The van der Waals surface area contributed by atoms with Gasteiger partial charge in [0.05, 0.1) is 16.7 Å². The molecule has 0 aliphatic carbocycles. The van der Waals surface area contributed by atoms with Crippen molar-refractivity contribution in [2.45, 2.75) is 0 Å². The summed E-state index contributed by atoms with van der Waals surface area (Å²) in [5.74, 6) is 0. The third-order valence-electron chi connectivity index (χ3n) is 12.7. The van der Waals surface area contributed by atoms with Gasteiger partial charge in [-0.2, -0.15) is 0 Å². The van der Waals surface area contributed by atoms with Crippen molar-refractivity contribution in [2.24, 2.45) is 0 Å². The highest BCUT2D eigenvalue weighted by molar-refractivity contribution is 6.27. The number of aromatic nitrogens is 1. The van der Waals surface area contributed by atoms with E-state index in [9.17, 15) is 0 Å². The van der Waals surface area contributed by atoms with Crippen LogP contribution in [-0.2, 0) is 0 Å². The van der Waals surface area contributed by atoms with Crippen LogP contribution in [-0.4, -0.2) is 4.57 Å². The summed E-state index contributed by atoms with van der Waals surface area (Å²) in [7, 11) is 0. The molecule has 3 nitrogen and oxygen atoms in total. The molecule has 13 rings (SSSR count). The molecule has 0 radical (unpaired) electrons. The SMILES string of the molecule is c1ccc(N(c2ccc3c(c2)oc2ccccc23)c2cc3ccccc3c3c2c2ccc(-c4ccc5c6ccccc6c6ccccc6c5c4)cc2n3-c2ccccc2)cc1. The van der Waals surface area contributed by atoms with Gasteiger partial charge in [-0.15, -0.1) is 0 Å². The minimum absolute atomic E-state index is 0.865. The predicted octanol–water partition coefficient (Wildman–Crippen LogP) is 16.4. The number of rotatable bonds is 5. The van der Waals surface area contributed by atoms with Crippen LogP contribution in [0.3, 0.4) is 0 Å². The molecule has 0 spiro atoms. The van der Waals surface area contributed by atoms with E-state index in [1.165, 1.54) is 70.5 Å². The number of furan rings is 1. The lowest BCUT2D eigenvalue weighted by molar-refractivity contribution is 0.669. The summed E-state index contributed by atoms with van der Waals surface area (Å²) in [4.78, 5) is 2.41. The van der Waals surface area contributed by atoms with E-state index in [4.69, 9.17) is 4.42 Å². The second-order valence-electron chi connectivity index (χ2n) is 16.0. The molecule has 13 aromatic rings. The predicted molar refractivity (Wildman–Crippen MR) is 258 cm³/mol. The van der Waals surface area contributed by atoms with E-state index in [-0.39, 0.29) is 0 Å².